The van der Waals surface area contributed by atoms with Gasteiger partial charge in [-0.1, -0.05) is 4.49 Å². The van der Waals surface area contributed by atoms with Crippen molar-refractivity contribution >= 4 is 33.2 Å². The summed E-state index contributed by atoms with van der Waals surface area (Å²) in [5, 5.41) is 5.59. The Kier molecular flexibility index (Phi) is 3.17. The van der Waals surface area contributed by atoms with Crippen LogP contribution in [0.4, 0.5) is 0 Å². The molecule has 0 fully saturated rings. The highest BCUT2D eigenvalue weighted by Gasteiger charge is 2.09. The molecular formula is C9H6BrN3OS. The Morgan fingerprint density at radius 3 is 3.00 bits per heavy atom. The molecule has 2 rings (SSSR count). The molecule has 0 aliphatic carbocycles. The number of carbonyl (C=O) groups is 1. The zero-order valence-corrected chi connectivity index (χ0v) is 9.96. The summed E-state index contributed by atoms with van der Waals surface area (Å²) < 4.78 is 4.50. The van der Waals surface area contributed by atoms with Crippen molar-refractivity contribution in [3.05, 3.63) is 39.6 Å². The molecular weight excluding hydrogens is 278 g/mol. The molecule has 0 radical (unpaired) electrons. The van der Waals surface area contributed by atoms with Crippen molar-refractivity contribution in [1.82, 2.24) is 14.6 Å². The summed E-state index contributed by atoms with van der Waals surface area (Å²) in [7, 11) is 0. The number of Topliss-reactive ketones (excluding diaryl/α,β-unsaturated/α-hetero) is 1. The maximum absolute atomic E-state index is 11.7. The summed E-state index contributed by atoms with van der Waals surface area (Å²) in [6.07, 6.45) is 3.46. The van der Waals surface area contributed by atoms with E-state index in [9.17, 15) is 4.79 Å². The molecule has 0 unspecified atom stereocenters. The average Bonchev–Trinajstić information content (AvgIpc) is 2.70. The van der Waals surface area contributed by atoms with E-state index in [4.69, 9.17) is 0 Å². The first-order chi connectivity index (χ1) is 7.25. The van der Waals surface area contributed by atoms with E-state index in [-0.39, 0.29) is 12.2 Å². The Hall–Kier alpha value is -1.14. The number of halogens is 1. The van der Waals surface area contributed by atoms with Crippen LogP contribution in [0.25, 0.3) is 0 Å². The van der Waals surface area contributed by atoms with Gasteiger partial charge >= 0.3 is 0 Å². The molecule has 2 heterocycles. The first kappa shape index (κ1) is 10.4. The minimum Gasteiger partial charge on any atom is -0.294 e. The third-order valence-electron chi connectivity index (χ3n) is 1.77. The fourth-order valence-electron chi connectivity index (χ4n) is 1.09. The Morgan fingerprint density at radius 2 is 2.33 bits per heavy atom. The van der Waals surface area contributed by atoms with Crippen molar-refractivity contribution in [2.75, 3.05) is 0 Å². The molecule has 0 aromatic carbocycles. The molecule has 0 N–H and O–H groups in total. The van der Waals surface area contributed by atoms with Crippen LogP contribution in [0.2, 0.25) is 0 Å². The van der Waals surface area contributed by atoms with E-state index in [1.54, 1.807) is 23.8 Å². The minimum absolute atomic E-state index is 0.00324. The van der Waals surface area contributed by atoms with Crippen molar-refractivity contribution < 1.29 is 4.79 Å². The molecule has 0 aliphatic rings. The van der Waals surface area contributed by atoms with Gasteiger partial charge in [-0.3, -0.25) is 9.78 Å². The van der Waals surface area contributed by atoms with Gasteiger partial charge in [0.2, 0.25) is 0 Å². The van der Waals surface area contributed by atoms with E-state index in [0.717, 1.165) is 4.47 Å². The van der Waals surface area contributed by atoms with Gasteiger partial charge in [-0.25, -0.2) is 0 Å². The maximum Gasteiger partial charge on any atom is 0.170 e. The van der Waals surface area contributed by atoms with Crippen LogP contribution in [0.15, 0.2) is 28.3 Å². The van der Waals surface area contributed by atoms with Crippen molar-refractivity contribution in [3.8, 4) is 0 Å². The molecule has 2 aromatic rings. The quantitative estimate of drug-likeness (QED) is 0.810. The lowest BCUT2D eigenvalue weighted by molar-refractivity contribution is 0.0991. The summed E-state index contributed by atoms with van der Waals surface area (Å²) in [5.74, 6) is -0.00324. The van der Waals surface area contributed by atoms with Crippen LogP contribution in [-0.2, 0) is 6.42 Å². The largest absolute Gasteiger partial charge is 0.294 e. The normalized spacial score (nSPS) is 10.2. The lowest BCUT2D eigenvalue weighted by Gasteiger charge is -1.98. The first-order valence-corrected chi connectivity index (χ1v) is 5.78. The molecule has 0 amide bonds. The Balaban J connectivity index is 2.15. The molecule has 0 atom stereocenters. The van der Waals surface area contributed by atoms with Gasteiger partial charge in [0.15, 0.2) is 5.78 Å². The number of pyridine rings is 1. The SMILES string of the molecule is O=C(Cc1csnn1)c1cncc(Br)c1. The predicted molar refractivity (Wildman–Crippen MR) is 59.9 cm³/mol. The number of aromatic nitrogens is 3. The molecule has 4 nitrogen and oxygen atoms in total. The van der Waals surface area contributed by atoms with Gasteiger partial charge < -0.3 is 0 Å². The van der Waals surface area contributed by atoms with E-state index in [0.29, 0.717) is 11.3 Å². The molecule has 6 heteroatoms. The van der Waals surface area contributed by atoms with E-state index in [2.05, 4.69) is 30.5 Å². The minimum atomic E-state index is -0.00324. The van der Waals surface area contributed by atoms with E-state index < -0.39 is 0 Å². The summed E-state index contributed by atoms with van der Waals surface area (Å²) in [6.45, 7) is 0. The highest BCUT2D eigenvalue weighted by molar-refractivity contribution is 9.10. The summed E-state index contributed by atoms with van der Waals surface area (Å²) in [6, 6.07) is 1.75. The van der Waals surface area contributed by atoms with Crippen LogP contribution in [0.5, 0.6) is 0 Å². The van der Waals surface area contributed by atoms with Crippen molar-refractivity contribution in [2.24, 2.45) is 0 Å². The second-order valence-corrected chi connectivity index (χ2v) is 4.41. The molecule has 0 bridgehead atoms. The first-order valence-electron chi connectivity index (χ1n) is 4.15. The highest BCUT2D eigenvalue weighted by Crippen LogP contribution is 2.12. The number of ketones is 1. The predicted octanol–water partition coefficient (Wildman–Crippen LogP) is 2.12. The summed E-state index contributed by atoms with van der Waals surface area (Å²) >= 11 is 4.51. The van der Waals surface area contributed by atoms with Gasteiger partial charge in [0.25, 0.3) is 0 Å². The zero-order chi connectivity index (χ0) is 10.7. The number of hydrogen-bond donors (Lipinski definition) is 0. The van der Waals surface area contributed by atoms with Gasteiger partial charge in [0.05, 0.1) is 12.1 Å². The second-order valence-electron chi connectivity index (χ2n) is 2.89. The molecule has 0 aliphatic heterocycles. The number of nitrogens with zero attached hydrogens (tertiary/aromatic N) is 3. The van der Waals surface area contributed by atoms with Crippen molar-refractivity contribution in [1.29, 1.82) is 0 Å². The topological polar surface area (TPSA) is 55.7 Å². The Bertz CT molecular complexity index is 472. The Morgan fingerprint density at radius 1 is 1.47 bits per heavy atom. The van der Waals surface area contributed by atoms with Gasteiger partial charge in [-0.05, 0) is 33.5 Å². The monoisotopic (exact) mass is 283 g/mol. The number of rotatable bonds is 3. The zero-order valence-electron chi connectivity index (χ0n) is 7.55. The highest BCUT2D eigenvalue weighted by atomic mass is 79.9. The average molecular weight is 284 g/mol. The fourth-order valence-corrected chi connectivity index (χ4v) is 1.91. The van der Waals surface area contributed by atoms with Crippen LogP contribution < -0.4 is 0 Å². The van der Waals surface area contributed by atoms with Crippen LogP contribution in [0, 0.1) is 0 Å². The van der Waals surface area contributed by atoms with E-state index >= 15 is 0 Å². The third kappa shape index (κ3) is 2.66. The second kappa shape index (κ2) is 4.59. The molecule has 0 saturated heterocycles. The lowest BCUT2D eigenvalue weighted by Crippen LogP contribution is -2.04. The Labute approximate surface area is 98.7 Å². The molecule has 2 aromatic heterocycles. The molecule has 15 heavy (non-hydrogen) atoms. The van der Waals surface area contributed by atoms with Crippen LogP contribution in [0.1, 0.15) is 16.1 Å². The van der Waals surface area contributed by atoms with Crippen LogP contribution in [-0.4, -0.2) is 20.4 Å². The third-order valence-corrected chi connectivity index (χ3v) is 2.76. The number of hydrogen-bond acceptors (Lipinski definition) is 5. The van der Waals surface area contributed by atoms with Gasteiger partial charge in [0, 0.05) is 27.8 Å². The van der Waals surface area contributed by atoms with E-state index in [1.165, 1.54) is 11.5 Å². The van der Waals surface area contributed by atoms with Gasteiger partial charge in [0.1, 0.15) is 0 Å². The smallest absolute Gasteiger partial charge is 0.170 e. The molecule has 0 spiro atoms. The van der Waals surface area contributed by atoms with Gasteiger partial charge in [-0.2, -0.15) is 0 Å². The summed E-state index contributed by atoms with van der Waals surface area (Å²) in [4.78, 5) is 15.7. The van der Waals surface area contributed by atoms with Crippen molar-refractivity contribution in [3.63, 3.8) is 0 Å². The van der Waals surface area contributed by atoms with Crippen LogP contribution in [0.3, 0.4) is 0 Å². The molecule has 76 valence electrons. The van der Waals surface area contributed by atoms with Gasteiger partial charge in [-0.15, -0.1) is 5.10 Å². The maximum atomic E-state index is 11.7. The molecule has 0 saturated carbocycles. The number of carbonyl (C=O) groups excluding carboxylic acids is 1. The lowest BCUT2D eigenvalue weighted by atomic mass is 10.1. The van der Waals surface area contributed by atoms with Crippen molar-refractivity contribution in [2.45, 2.75) is 6.42 Å². The standard InChI is InChI=1S/C9H6BrN3OS/c10-7-1-6(3-11-4-7)9(14)2-8-5-15-13-12-8/h1,3-5H,2H2. The van der Waals surface area contributed by atoms with E-state index in [1.807, 2.05) is 0 Å². The van der Waals surface area contributed by atoms with Crippen LogP contribution >= 0.6 is 27.5 Å². The fraction of sp³-hybridized carbons (Fsp3) is 0.111. The summed E-state index contributed by atoms with van der Waals surface area (Å²) in [5.41, 5.74) is 1.28.